The Morgan fingerprint density at radius 3 is 1.45 bits per heavy atom. The van der Waals surface area contributed by atoms with E-state index in [4.69, 9.17) is 9.47 Å². The van der Waals surface area contributed by atoms with Crippen molar-refractivity contribution in [2.24, 2.45) is 15.2 Å². The number of benzene rings is 5. The minimum Gasteiger partial charge on any atom is -0.494 e. The normalized spacial score (nSPS) is 15.4. The highest BCUT2D eigenvalue weighted by molar-refractivity contribution is 7.91. The molecule has 0 aromatic heterocycles. The van der Waals surface area contributed by atoms with Crippen molar-refractivity contribution in [1.29, 1.82) is 0 Å². The Labute approximate surface area is 419 Å². The molecule has 5 aromatic carbocycles. The van der Waals surface area contributed by atoms with Crippen LogP contribution in [0.15, 0.2) is 131 Å². The first-order valence-electron chi connectivity index (χ1n) is 20.1. The number of aliphatic hydroxyl groups excluding tert-OH is 1. The topological polar surface area (TPSA) is 415 Å². The number of ketones is 2. The second kappa shape index (κ2) is 19.8. The van der Waals surface area contributed by atoms with Gasteiger partial charge in [0.25, 0.3) is 46.4 Å². The fourth-order valence-corrected chi connectivity index (χ4v) is 10.1. The monoisotopic (exact) mass is 1110 g/mol. The summed E-state index contributed by atoms with van der Waals surface area (Å²) in [5.41, 5.74) is -1.39. The third kappa shape index (κ3) is 11.3. The van der Waals surface area contributed by atoms with Gasteiger partial charge in [0.2, 0.25) is 17.5 Å². The average Bonchev–Trinajstić information content (AvgIpc) is 3.31. The smallest absolute Gasteiger partial charge is 0.296 e. The molecule has 386 valence electrons. The number of Topliss-reactive ketones (excluding diaryl/α,β-unsaturated/α-hetero) is 2. The molecule has 74 heavy (non-hydrogen) atoms. The lowest BCUT2D eigenvalue weighted by Gasteiger charge is -2.21. The quantitative estimate of drug-likeness (QED) is 0.0314. The van der Waals surface area contributed by atoms with Gasteiger partial charge < -0.3 is 19.9 Å². The Morgan fingerprint density at radius 1 is 0.541 bits per heavy atom. The molecular formula is C43H34N6O20S5. The van der Waals surface area contributed by atoms with E-state index in [1.165, 1.54) is 24.3 Å². The molecule has 0 spiro atoms. The van der Waals surface area contributed by atoms with Crippen molar-refractivity contribution in [2.75, 3.05) is 36.6 Å². The molecule has 0 unspecified atom stereocenters. The van der Waals surface area contributed by atoms with E-state index in [2.05, 4.69) is 31.4 Å². The number of methoxy groups -OCH3 is 2. The van der Waals surface area contributed by atoms with Crippen LogP contribution in [0, 0.1) is 0 Å². The molecule has 0 saturated carbocycles. The van der Waals surface area contributed by atoms with Crippen LogP contribution in [0.3, 0.4) is 0 Å². The zero-order valence-electron chi connectivity index (χ0n) is 37.6. The van der Waals surface area contributed by atoms with Gasteiger partial charge in [-0.2, -0.15) is 43.9 Å². The van der Waals surface area contributed by atoms with E-state index in [9.17, 15) is 79.8 Å². The number of aliphatic imine (C=N–C) groups is 1. The summed E-state index contributed by atoms with van der Waals surface area (Å²) in [6, 6.07) is 16.7. The van der Waals surface area contributed by atoms with Crippen molar-refractivity contribution in [2.45, 2.75) is 14.7 Å². The molecule has 0 saturated heterocycles. The van der Waals surface area contributed by atoms with Gasteiger partial charge in [-0.3, -0.25) is 43.4 Å². The zero-order chi connectivity index (χ0) is 54.5. The number of hydrogen-bond donors (Lipinski definition) is 8. The van der Waals surface area contributed by atoms with E-state index in [-0.39, 0.29) is 38.9 Å². The van der Waals surface area contributed by atoms with E-state index < -0.39 is 138 Å². The molecule has 2 aliphatic rings. The summed E-state index contributed by atoms with van der Waals surface area (Å²) >= 11 is 0. The third-order valence-electron chi connectivity index (χ3n) is 10.5. The van der Waals surface area contributed by atoms with Crippen molar-refractivity contribution in [3.63, 3.8) is 0 Å². The number of allylic oxidation sites excluding steroid dienone is 2. The van der Waals surface area contributed by atoms with Crippen LogP contribution in [0.2, 0.25) is 0 Å². The summed E-state index contributed by atoms with van der Waals surface area (Å²) < 4.78 is 175. The van der Waals surface area contributed by atoms with Crippen molar-refractivity contribution >= 4 is 120 Å². The predicted octanol–water partition coefficient (Wildman–Crippen LogP) is 4.28. The molecule has 2 aliphatic carbocycles. The maximum Gasteiger partial charge on any atom is 0.296 e. The highest BCUT2D eigenvalue weighted by atomic mass is 32.2. The second-order valence-electron chi connectivity index (χ2n) is 15.4. The number of anilines is 3. The number of fused-ring (bicyclic) bond motifs is 2. The summed E-state index contributed by atoms with van der Waals surface area (Å²) in [6.45, 7) is 0. The van der Waals surface area contributed by atoms with E-state index in [1.807, 2.05) is 0 Å². The Hall–Kier alpha value is -8.01. The maximum atomic E-state index is 14.3. The Bertz CT molecular complexity index is 4020. The first-order valence-corrected chi connectivity index (χ1v) is 27.7. The van der Waals surface area contributed by atoms with Crippen molar-refractivity contribution in [1.82, 2.24) is 0 Å². The molecule has 0 fully saturated rings. The SMILES string of the molecule is COc1cc(N/N=C2/C(=O)c3c(cc(S(=O)(=O)O)cc3NC(=O)c3ccc(S(C)(=O)=O)cc3)C=C2S(=O)(=O)O)c(OC)cc1N/N=C1/C(=O)c2c(cc(S(=O)(=O)O)cc2N=C(O)c2ccccc2)C=C1S(=O)(=O)O. The minimum atomic E-state index is -5.43. The fourth-order valence-electron chi connectivity index (χ4n) is 7.08. The molecule has 0 atom stereocenters. The zero-order valence-corrected chi connectivity index (χ0v) is 41.6. The molecule has 0 radical (unpaired) electrons. The van der Waals surface area contributed by atoms with Crippen LogP contribution in [-0.4, -0.2) is 121 Å². The number of rotatable bonds is 15. The largest absolute Gasteiger partial charge is 0.494 e. The molecule has 26 nitrogen and oxygen atoms in total. The van der Waals surface area contributed by atoms with E-state index >= 15 is 0 Å². The third-order valence-corrected chi connectivity index (χ3v) is 15.0. The molecule has 1 amide bonds. The number of carbonyl (C=O) groups is 3. The van der Waals surface area contributed by atoms with Gasteiger partial charge in [-0.1, -0.05) is 18.2 Å². The summed E-state index contributed by atoms with van der Waals surface area (Å²) in [4.78, 5) is 41.4. The lowest BCUT2D eigenvalue weighted by molar-refractivity contribution is 0.102. The Balaban J connectivity index is 1.28. The molecule has 31 heteroatoms. The highest BCUT2D eigenvalue weighted by Gasteiger charge is 2.38. The van der Waals surface area contributed by atoms with Crippen molar-refractivity contribution in [3.8, 4) is 11.5 Å². The predicted molar refractivity (Wildman–Crippen MR) is 265 cm³/mol. The van der Waals surface area contributed by atoms with Crippen LogP contribution in [0.4, 0.5) is 22.7 Å². The standard InChI is InChI=1S/C43H34N6O20S5/c1-68-32-20-29(47-49-39-35(74(65,66)67)16-24-14-27(72(59,60)61)18-31(37(24)41(39)51)45-43(53)22-9-11-25(12-10-22)70(3,54)55)33(69-2)19-28(32)46-48-38-34(73(62,63)64)15-23-13-26(71(56,57)58)17-30(36(23)40(38)50)44-42(52)21-7-5-4-6-8-21/h4-20,46-47H,1-3H3,(H,44,52)(H,45,53)(H,56,57,58)(H,59,60,61)(H,62,63,64)(H,65,66,67)/b48-38+,49-39+. The van der Waals surface area contributed by atoms with Gasteiger partial charge in [0.05, 0.1) is 51.4 Å². The van der Waals surface area contributed by atoms with Gasteiger partial charge in [0.15, 0.2) is 21.3 Å². The van der Waals surface area contributed by atoms with E-state index in [0.717, 1.165) is 56.9 Å². The number of nitrogens with zero attached hydrogens (tertiary/aromatic N) is 3. The molecule has 0 aliphatic heterocycles. The molecule has 0 heterocycles. The first-order chi connectivity index (χ1) is 34.4. The van der Waals surface area contributed by atoms with Crippen molar-refractivity contribution < 1.29 is 89.3 Å². The minimum absolute atomic E-state index is 0.0916. The van der Waals surface area contributed by atoms with Crippen LogP contribution < -0.4 is 25.6 Å². The lowest BCUT2D eigenvalue weighted by Crippen LogP contribution is -2.29. The van der Waals surface area contributed by atoms with Gasteiger partial charge in [0, 0.05) is 29.5 Å². The number of hydrogen-bond acceptors (Lipinski definition) is 20. The van der Waals surface area contributed by atoms with Gasteiger partial charge in [-0.25, -0.2) is 13.4 Å². The number of aliphatic hydroxyl groups is 1. The summed E-state index contributed by atoms with van der Waals surface area (Å²) in [5.74, 6) is -4.98. The van der Waals surface area contributed by atoms with E-state index in [1.54, 1.807) is 6.07 Å². The summed E-state index contributed by atoms with van der Waals surface area (Å²) in [6.07, 6.45) is 2.17. The number of carbonyl (C=O) groups excluding carboxylic acids is 3. The van der Waals surface area contributed by atoms with Gasteiger partial charge >= 0.3 is 0 Å². The van der Waals surface area contributed by atoms with Crippen LogP contribution in [0.25, 0.3) is 12.2 Å². The fraction of sp³-hybridized carbons (Fsp3) is 0.0698. The number of sulfone groups is 1. The number of ether oxygens (including phenoxy) is 2. The maximum absolute atomic E-state index is 14.3. The summed E-state index contributed by atoms with van der Waals surface area (Å²) in [5, 5.41) is 20.9. The average molecular weight is 1120 g/mol. The highest BCUT2D eigenvalue weighted by Crippen LogP contribution is 2.40. The van der Waals surface area contributed by atoms with Crippen LogP contribution >= 0.6 is 0 Å². The molecule has 0 bridgehead atoms. The molecular weight excluding hydrogens is 1080 g/mol. The molecule has 7 rings (SSSR count). The Morgan fingerprint density at radius 2 is 1.00 bits per heavy atom. The van der Waals surface area contributed by atoms with Crippen LogP contribution in [-0.2, 0) is 50.3 Å². The number of nitrogens with one attached hydrogen (secondary N) is 3. The molecule has 5 aromatic rings. The number of amides is 1. The second-order valence-corrected chi connectivity index (χ2v) is 23.0. The van der Waals surface area contributed by atoms with Gasteiger partial charge in [0.1, 0.15) is 32.7 Å². The summed E-state index contributed by atoms with van der Waals surface area (Å²) in [7, 11) is -22.5. The number of hydrazone groups is 2. The van der Waals surface area contributed by atoms with Gasteiger partial charge in [-0.15, -0.1) is 0 Å². The van der Waals surface area contributed by atoms with Crippen LogP contribution in [0.5, 0.6) is 11.5 Å². The Kier molecular flexibility index (Phi) is 14.4. The van der Waals surface area contributed by atoms with Crippen LogP contribution in [0.1, 0.15) is 47.8 Å². The van der Waals surface area contributed by atoms with Gasteiger partial charge in [-0.05, 0) is 83.9 Å². The first kappa shape index (κ1) is 53.8. The van der Waals surface area contributed by atoms with E-state index in [0.29, 0.717) is 36.4 Å². The van der Waals surface area contributed by atoms with Crippen molar-refractivity contribution in [3.05, 3.63) is 134 Å². The molecule has 8 N–H and O–H groups in total. The lowest BCUT2D eigenvalue weighted by atomic mass is 9.92.